The van der Waals surface area contributed by atoms with E-state index in [-0.39, 0.29) is 11.7 Å². The van der Waals surface area contributed by atoms with E-state index in [0.29, 0.717) is 36.6 Å². The van der Waals surface area contributed by atoms with Crippen molar-refractivity contribution in [2.75, 3.05) is 31.1 Å². The molecule has 1 aliphatic rings. The summed E-state index contributed by atoms with van der Waals surface area (Å²) in [4.78, 5) is 26.4. The van der Waals surface area contributed by atoms with Crippen LogP contribution in [0.25, 0.3) is 0 Å². The number of nitrogens with zero attached hydrogens (tertiary/aromatic N) is 4. The Hall–Kier alpha value is -2.99. The van der Waals surface area contributed by atoms with Crippen molar-refractivity contribution in [3.8, 4) is 0 Å². The van der Waals surface area contributed by atoms with E-state index in [1.165, 1.54) is 12.1 Å². The van der Waals surface area contributed by atoms with E-state index in [0.717, 1.165) is 41.4 Å². The molecule has 166 valence electrons. The predicted molar refractivity (Wildman–Crippen MR) is 125 cm³/mol. The van der Waals surface area contributed by atoms with E-state index in [9.17, 15) is 9.18 Å². The molecule has 4 rings (SSSR count). The minimum Gasteiger partial charge on any atom is -0.354 e. The molecule has 3 aromatic rings. The molecule has 2 heterocycles. The van der Waals surface area contributed by atoms with Gasteiger partial charge >= 0.3 is 0 Å². The summed E-state index contributed by atoms with van der Waals surface area (Å²) in [5, 5.41) is 0.712. The normalized spacial score (nSPS) is 14.4. The molecule has 0 unspecified atom stereocenters. The topological polar surface area (TPSA) is 49.3 Å². The highest BCUT2D eigenvalue weighted by Gasteiger charge is 2.23. The van der Waals surface area contributed by atoms with Gasteiger partial charge in [0.1, 0.15) is 17.5 Å². The highest BCUT2D eigenvalue weighted by Crippen LogP contribution is 2.26. The first-order valence-electron chi connectivity index (χ1n) is 10.8. The third-order valence-corrected chi connectivity index (χ3v) is 6.02. The van der Waals surface area contributed by atoms with Gasteiger partial charge in [0.25, 0.3) is 5.91 Å². The lowest BCUT2D eigenvalue weighted by Crippen LogP contribution is -2.35. The van der Waals surface area contributed by atoms with Gasteiger partial charge in [-0.1, -0.05) is 23.7 Å². The van der Waals surface area contributed by atoms with Crippen LogP contribution >= 0.6 is 11.6 Å². The zero-order valence-electron chi connectivity index (χ0n) is 18.3. The van der Waals surface area contributed by atoms with Gasteiger partial charge in [-0.2, -0.15) is 0 Å². The highest BCUT2D eigenvalue weighted by atomic mass is 35.5. The van der Waals surface area contributed by atoms with Gasteiger partial charge in [0.15, 0.2) is 0 Å². The van der Waals surface area contributed by atoms with E-state index in [4.69, 9.17) is 16.6 Å². The third kappa shape index (κ3) is 5.07. The molecule has 1 fully saturated rings. The van der Waals surface area contributed by atoms with Crippen molar-refractivity contribution < 1.29 is 9.18 Å². The smallest absolute Gasteiger partial charge is 0.253 e. The average Bonchev–Trinajstić information content (AvgIpc) is 3.03. The molecule has 1 aliphatic heterocycles. The molecule has 2 aromatic carbocycles. The van der Waals surface area contributed by atoms with Crippen LogP contribution in [0, 0.1) is 19.7 Å². The Morgan fingerprint density at radius 2 is 1.69 bits per heavy atom. The average molecular weight is 453 g/mol. The molecule has 32 heavy (non-hydrogen) atoms. The third-order valence-electron chi connectivity index (χ3n) is 5.77. The van der Waals surface area contributed by atoms with E-state index in [2.05, 4.69) is 9.88 Å². The van der Waals surface area contributed by atoms with Crippen LogP contribution in [0.5, 0.6) is 0 Å². The van der Waals surface area contributed by atoms with Crippen molar-refractivity contribution in [2.45, 2.75) is 26.7 Å². The van der Waals surface area contributed by atoms with Crippen LogP contribution < -0.4 is 4.90 Å². The largest absolute Gasteiger partial charge is 0.354 e. The molecule has 0 radical (unpaired) electrons. The Morgan fingerprint density at radius 1 is 0.969 bits per heavy atom. The summed E-state index contributed by atoms with van der Waals surface area (Å²) in [5.41, 5.74) is 3.72. The lowest BCUT2D eigenvalue weighted by atomic mass is 10.0. The Morgan fingerprint density at radius 3 is 2.41 bits per heavy atom. The first-order chi connectivity index (χ1) is 15.4. The monoisotopic (exact) mass is 452 g/mol. The molecule has 0 aliphatic carbocycles. The number of rotatable bonds is 4. The summed E-state index contributed by atoms with van der Waals surface area (Å²) in [5.74, 6) is 1.26. The van der Waals surface area contributed by atoms with Crippen LogP contribution in [-0.2, 0) is 6.42 Å². The van der Waals surface area contributed by atoms with Gasteiger partial charge in [0.2, 0.25) is 0 Å². The van der Waals surface area contributed by atoms with Crippen molar-refractivity contribution in [1.82, 2.24) is 14.9 Å². The highest BCUT2D eigenvalue weighted by molar-refractivity contribution is 6.30. The number of carbonyl (C=O) groups is 1. The SMILES string of the molecule is Cc1nc(C)c(Cc2ccc(Cl)cc2)c(N2CCCN(C(=O)c3ccc(F)cc3)CC2)n1. The first-order valence-corrected chi connectivity index (χ1v) is 11.2. The van der Waals surface area contributed by atoms with Gasteiger partial charge in [-0.3, -0.25) is 4.79 Å². The molecule has 0 saturated carbocycles. The van der Waals surface area contributed by atoms with E-state index in [1.807, 2.05) is 43.0 Å². The van der Waals surface area contributed by atoms with E-state index in [1.54, 1.807) is 12.1 Å². The number of hydrogen-bond donors (Lipinski definition) is 0. The van der Waals surface area contributed by atoms with Crippen LogP contribution in [0.1, 0.15) is 39.4 Å². The summed E-state index contributed by atoms with van der Waals surface area (Å²) in [6.07, 6.45) is 1.54. The number of anilines is 1. The molecule has 7 heteroatoms. The number of halogens is 2. The number of benzene rings is 2. The summed E-state index contributed by atoms with van der Waals surface area (Å²) < 4.78 is 13.2. The van der Waals surface area contributed by atoms with Gasteiger partial charge < -0.3 is 9.80 Å². The molecule has 1 amide bonds. The second-order valence-electron chi connectivity index (χ2n) is 8.10. The molecule has 1 aromatic heterocycles. The fourth-order valence-electron chi connectivity index (χ4n) is 4.10. The van der Waals surface area contributed by atoms with Crippen molar-refractivity contribution in [2.24, 2.45) is 0 Å². The van der Waals surface area contributed by atoms with Crippen molar-refractivity contribution in [3.05, 3.63) is 87.6 Å². The predicted octanol–water partition coefficient (Wildman–Crippen LogP) is 4.83. The van der Waals surface area contributed by atoms with E-state index >= 15 is 0 Å². The first kappa shape index (κ1) is 22.2. The fourth-order valence-corrected chi connectivity index (χ4v) is 4.23. The summed E-state index contributed by atoms with van der Waals surface area (Å²) in [7, 11) is 0. The maximum Gasteiger partial charge on any atom is 0.253 e. The van der Waals surface area contributed by atoms with Gasteiger partial charge in [0, 0.05) is 54.4 Å². The summed E-state index contributed by atoms with van der Waals surface area (Å²) >= 11 is 6.05. The molecule has 0 N–H and O–H groups in total. The standard InChI is InChI=1S/C25H26ClFN4O/c1-17-23(16-19-4-8-21(26)9-5-19)24(29-18(2)28-17)30-12-3-13-31(15-14-30)25(32)20-6-10-22(27)11-7-20/h4-11H,3,12-16H2,1-2H3. The van der Waals surface area contributed by atoms with Crippen molar-refractivity contribution in [1.29, 1.82) is 0 Å². The second-order valence-corrected chi connectivity index (χ2v) is 8.54. The van der Waals surface area contributed by atoms with Crippen molar-refractivity contribution >= 4 is 23.3 Å². The maximum absolute atomic E-state index is 13.2. The quantitative estimate of drug-likeness (QED) is 0.569. The van der Waals surface area contributed by atoms with Gasteiger partial charge in [-0.05, 0) is 62.2 Å². The Balaban J connectivity index is 1.55. The summed E-state index contributed by atoms with van der Waals surface area (Å²) in [6.45, 7) is 6.64. The second kappa shape index (κ2) is 9.65. The molecule has 0 spiro atoms. The number of hydrogen-bond acceptors (Lipinski definition) is 4. The number of carbonyl (C=O) groups excluding carboxylic acids is 1. The lowest BCUT2D eigenvalue weighted by Gasteiger charge is -2.26. The Kier molecular flexibility index (Phi) is 6.70. The molecule has 0 atom stereocenters. The van der Waals surface area contributed by atoms with Gasteiger partial charge in [-0.15, -0.1) is 0 Å². The number of aryl methyl sites for hydroxylation is 2. The fraction of sp³-hybridized carbons (Fsp3) is 0.320. The van der Waals surface area contributed by atoms with Crippen LogP contribution in [0.4, 0.5) is 10.2 Å². The van der Waals surface area contributed by atoms with Crippen molar-refractivity contribution in [3.63, 3.8) is 0 Å². The minimum atomic E-state index is -0.341. The Labute approximate surface area is 192 Å². The molecule has 1 saturated heterocycles. The molecular formula is C25H26ClFN4O. The summed E-state index contributed by atoms with van der Waals surface area (Å²) in [6, 6.07) is 13.6. The van der Waals surface area contributed by atoms with Crippen LogP contribution in [-0.4, -0.2) is 47.0 Å². The van der Waals surface area contributed by atoms with Crippen LogP contribution in [0.2, 0.25) is 5.02 Å². The number of amides is 1. The van der Waals surface area contributed by atoms with Crippen LogP contribution in [0.15, 0.2) is 48.5 Å². The number of aromatic nitrogens is 2. The molecular weight excluding hydrogens is 427 g/mol. The lowest BCUT2D eigenvalue weighted by molar-refractivity contribution is 0.0767. The Bertz CT molecular complexity index is 1100. The van der Waals surface area contributed by atoms with Gasteiger partial charge in [0.05, 0.1) is 0 Å². The van der Waals surface area contributed by atoms with E-state index < -0.39 is 0 Å². The zero-order valence-corrected chi connectivity index (χ0v) is 19.1. The minimum absolute atomic E-state index is 0.0664. The molecule has 0 bridgehead atoms. The molecule has 5 nitrogen and oxygen atoms in total. The van der Waals surface area contributed by atoms with Gasteiger partial charge in [-0.25, -0.2) is 14.4 Å². The zero-order chi connectivity index (χ0) is 22.7. The maximum atomic E-state index is 13.2. The van der Waals surface area contributed by atoms with Crippen LogP contribution in [0.3, 0.4) is 0 Å².